The SMILES string of the molecule is CCOC(=O)C1=C(N)Oc2c(cc(Cl)c3ccccc23)C1c1ccccc1. The molecular weight excluding hydrogens is 362 g/mol. The highest BCUT2D eigenvalue weighted by Gasteiger charge is 2.36. The molecule has 0 aliphatic carbocycles. The zero-order chi connectivity index (χ0) is 19.0. The fourth-order valence-electron chi connectivity index (χ4n) is 3.53. The van der Waals surface area contributed by atoms with Crippen LogP contribution in [0.1, 0.15) is 24.0 Å². The van der Waals surface area contributed by atoms with E-state index >= 15 is 0 Å². The van der Waals surface area contributed by atoms with Gasteiger partial charge in [0.1, 0.15) is 11.3 Å². The maximum atomic E-state index is 12.7. The first-order valence-corrected chi connectivity index (χ1v) is 9.10. The number of hydrogen-bond acceptors (Lipinski definition) is 4. The highest BCUT2D eigenvalue weighted by molar-refractivity contribution is 6.36. The summed E-state index contributed by atoms with van der Waals surface area (Å²) in [6.07, 6.45) is 0. The number of hydrogen-bond donors (Lipinski definition) is 1. The van der Waals surface area contributed by atoms with E-state index in [1.165, 1.54) is 0 Å². The first-order chi connectivity index (χ1) is 13.1. The number of nitrogens with two attached hydrogens (primary N) is 1. The maximum Gasteiger partial charge on any atom is 0.340 e. The van der Waals surface area contributed by atoms with Crippen LogP contribution >= 0.6 is 11.6 Å². The predicted octanol–water partition coefficient (Wildman–Crippen LogP) is 4.75. The monoisotopic (exact) mass is 379 g/mol. The second-order valence-electron chi connectivity index (χ2n) is 6.27. The number of carbonyl (C=O) groups is 1. The molecule has 0 amide bonds. The lowest BCUT2D eigenvalue weighted by Gasteiger charge is -2.29. The molecular formula is C22H18ClNO3. The molecule has 4 nitrogen and oxygen atoms in total. The molecule has 136 valence electrons. The molecule has 5 heteroatoms. The average molecular weight is 380 g/mol. The number of esters is 1. The second kappa shape index (κ2) is 6.97. The summed E-state index contributed by atoms with van der Waals surface area (Å²) < 4.78 is 11.2. The van der Waals surface area contributed by atoms with Crippen LogP contribution in [-0.4, -0.2) is 12.6 Å². The Hall–Kier alpha value is -2.98. The quantitative estimate of drug-likeness (QED) is 0.667. The normalized spacial score (nSPS) is 16.0. The highest BCUT2D eigenvalue weighted by Crippen LogP contribution is 2.47. The van der Waals surface area contributed by atoms with Crippen LogP contribution in [-0.2, 0) is 9.53 Å². The van der Waals surface area contributed by atoms with Gasteiger partial charge in [0.05, 0.1) is 12.5 Å². The lowest BCUT2D eigenvalue weighted by atomic mass is 9.82. The average Bonchev–Trinajstić information content (AvgIpc) is 2.69. The number of halogens is 1. The van der Waals surface area contributed by atoms with Crippen LogP contribution in [0.2, 0.25) is 5.02 Å². The predicted molar refractivity (Wildman–Crippen MR) is 106 cm³/mol. The molecule has 0 saturated heterocycles. The molecule has 0 spiro atoms. The van der Waals surface area contributed by atoms with Gasteiger partial charge in [0.25, 0.3) is 0 Å². The summed E-state index contributed by atoms with van der Waals surface area (Å²) in [6, 6.07) is 19.2. The van der Waals surface area contributed by atoms with Gasteiger partial charge in [0, 0.05) is 21.4 Å². The molecule has 3 aromatic rings. The van der Waals surface area contributed by atoms with Gasteiger partial charge in [-0.25, -0.2) is 4.79 Å². The van der Waals surface area contributed by atoms with E-state index in [-0.39, 0.29) is 12.5 Å². The van der Waals surface area contributed by atoms with Gasteiger partial charge in [0.2, 0.25) is 5.88 Å². The van der Waals surface area contributed by atoms with Crippen molar-refractivity contribution in [1.29, 1.82) is 0 Å². The molecule has 0 saturated carbocycles. The Morgan fingerprint density at radius 2 is 1.78 bits per heavy atom. The third-order valence-corrected chi connectivity index (χ3v) is 4.99. The standard InChI is InChI=1S/C22H18ClNO3/c1-2-26-22(25)19-18(13-8-4-3-5-9-13)16-12-17(23)14-10-6-7-11-15(14)20(16)27-21(19)24/h3-12,18H,2,24H2,1H3. The van der Waals surface area contributed by atoms with Crippen LogP contribution in [0, 0.1) is 0 Å². The number of rotatable bonds is 3. The summed E-state index contributed by atoms with van der Waals surface area (Å²) in [6.45, 7) is 2.01. The summed E-state index contributed by atoms with van der Waals surface area (Å²) in [4.78, 5) is 12.7. The minimum atomic E-state index is -0.487. The van der Waals surface area contributed by atoms with E-state index in [9.17, 15) is 4.79 Å². The van der Waals surface area contributed by atoms with Crippen molar-refractivity contribution in [2.45, 2.75) is 12.8 Å². The lowest BCUT2D eigenvalue weighted by molar-refractivity contribution is -0.139. The first-order valence-electron chi connectivity index (χ1n) is 8.72. The van der Waals surface area contributed by atoms with Crippen molar-refractivity contribution in [3.8, 4) is 5.75 Å². The molecule has 1 heterocycles. The van der Waals surface area contributed by atoms with Gasteiger partial charge in [-0.3, -0.25) is 0 Å². The van der Waals surface area contributed by atoms with E-state index in [2.05, 4.69) is 0 Å². The minimum absolute atomic E-state index is 0.0577. The van der Waals surface area contributed by atoms with Gasteiger partial charge in [-0.15, -0.1) is 0 Å². The van der Waals surface area contributed by atoms with Gasteiger partial charge in [-0.1, -0.05) is 66.2 Å². The molecule has 0 radical (unpaired) electrons. The Balaban J connectivity index is 2.01. The Morgan fingerprint density at radius 3 is 2.48 bits per heavy atom. The smallest absolute Gasteiger partial charge is 0.340 e. The zero-order valence-corrected chi connectivity index (χ0v) is 15.5. The van der Waals surface area contributed by atoms with Crippen LogP contribution in [0.15, 0.2) is 72.1 Å². The second-order valence-corrected chi connectivity index (χ2v) is 6.67. The topological polar surface area (TPSA) is 61.5 Å². The van der Waals surface area contributed by atoms with Gasteiger partial charge >= 0.3 is 5.97 Å². The molecule has 1 aliphatic rings. The summed E-state index contributed by atoms with van der Waals surface area (Å²) in [5.74, 6) is -0.230. The fraction of sp³-hybridized carbons (Fsp3) is 0.136. The van der Waals surface area contributed by atoms with Gasteiger partial charge in [-0.05, 0) is 18.6 Å². The summed E-state index contributed by atoms with van der Waals surface area (Å²) in [7, 11) is 0. The van der Waals surface area contributed by atoms with E-state index in [0.717, 1.165) is 21.9 Å². The van der Waals surface area contributed by atoms with Crippen LogP contribution in [0.25, 0.3) is 10.8 Å². The van der Waals surface area contributed by atoms with Crippen LogP contribution in [0.4, 0.5) is 0 Å². The molecule has 3 aromatic carbocycles. The molecule has 0 bridgehead atoms. The minimum Gasteiger partial charge on any atom is -0.462 e. The van der Waals surface area contributed by atoms with E-state index in [1.807, 2.05) is 60.7 Å². The van der Waals surface area contributed by atoms with E-state index in [1.54, 1.807) is 6.92 Å². The van der Waals surface area contributed by atoms with Crippen LogP contribution < -0.4 is 10.5 Å². The van der Waals surface area contributed by atoms with Crippen molar-refractivity contribution in [3.63, 3.8) is 0 Å². The summed E-state index contributed by atoms with van der Waals surface area (Å²) >= 11 is 6.55. The van der Waals surface area contributed by atoms with Crippen molar-refractivity contribution in [2.24, 2.45) is 5.73 Å². The van der Waals surface area contributed by atoms with Crippen molar-refractivity contribution >= 4 is 28.3 Å². The van der Waals surface area contributed by atoms with Crippen molar-refractivity contribution in [1.82, 2.24) is 0 Å². The highest BCUT2D eigenvalue weighted by atomic mass is 35.5. The molecule has 2 N–H and O–H groups in total. The van der Waals surface area contributed by atoms with Crippen molar-refractivity contribution in [2.75, 3.05) is 6.61 Å². The Labute approximate surface area is 162 Å². The molecule has 4 rings (SSSR count). The Kier molecular flexibility index (Phi) is 4.50. The van der Waals surface area contributed by atoms with E-state index in [4.69, 9.17) is 26.8 Å². The number of carbonyl (C=O) groups excluding carboxylic acids is 1. The summed E-state index contributed by atoms with van der Waals surface area (Å²) in [5.41, 5.74) is 8.21. The third-order valence-electron chi connectivity index (χ3n) is 4.68. The number of fused-ring (bicyclic) bond motifs is 3. The molecule has 1 atom stereocenters. The van der Waals surface area contributed by atoms with Gasteiger partial charge in [0.15, 0.2) is 0 Å². The number of benzene rings is 3. The van der Waals surface area contributed by atoms with E-state index < -0.39 is 11.9 Å². The summed E-state index contributed by atoms with van der Waals surface area (Å²) in [5, 5.41) is 2.32. The maximum absolute atomic E-state index is 12.7. The third kappa shape index (κ3) is 2.92. The van der Waals surface area contributed by atoms with Gasteiger partial charge in [-0.2, -0.15) is 0 Å². The van der Waals surface area contributed by atoms with Gasteiger partial charge < -0.3 is 15.2 Å². The van der Waals surface area contributed by atoms with Crippen molar-refractivity contribution in [3.05, 3.63) is 88.3 Å². The molecule has 1 aliphatic heterocycles. The molecule has 1 unspecified atom stereocenters. The lowest BCUT2D eigenvalue weighted by Crippen LogP contribution is -2.27. The molecule has 0 aromatic heterocycles. The Morgan fingerprint density at radius 1 is 1.11 bits per heavy atom. The molecule has 0 fully saturated rings. The largest absolute Gasteiger partial charge is 0.462 e. The molecule has 27 heavy (non-hydrogen) atoms. The van der Waals surface area contributed by atoms with Crippen LogP contribution in [0.3, 0.4) is 0 Å². The van der Waals surface area contributed by atoms with Crippen molar-refractivity contribution < 1.29 is 14.3 Å². The van der Waals surface area contributed by atoms with E-state index in [0.29, 0.717) is 16.3 Å². The van der Waals surface area contributed by atoms with Crippen LogP contribution in [0.5, 0.6) is 5.75 Å². The zero-order valence-electron chi connectivity index (χ0n) is 14.7. The Bertz CT molecular complexity index is 1060. The first kappa shape index (κ1) is 17.4. The fourth-order valence-corrected chi connectivity index (χ4v) is 3.82. The number of ether oxygens (including phenoxy) is 2.